The number of fused-ring (bicyclic) bond motifs is 1. The molecule has 2 aromatic rings. The molecule has 0 aliphatic carbocycles. The average Bonchev–Trinajstić information content (AvgIpc) is 2.42. The van der Waals surface area contributed by atoms with Crippen molar-refractivity contribution in [1.82, 2.24) is 5.32 Å². The molecule has 2 N–H and O–H groups in total. The van der Waals surface area contributed by atoms with Crippen LogP contribution in [0.5, 0.6) is 0 Å². The fourth-order valence-electron chi connectivity index (χ4n) is 1.68. The number of hydrogen-bond acceptors (Lipinski definition) is 3. The largest absolute Gasteiger partial charge is 0.376 e. The zero-order valence-corrected chi connectivity index (χ0v) is 9.81. The fraction of sp³-hybridized carbons (Fsp3) is 0.143. The van der Waals surface area contributed by atoms with Crippen LogP contribution in [0, 0.1) is 11.3 Å². The Morgan fingerprint density at radius 3 is 2.72 bits per heavy atom. The highest BCUT2D eigenvalue weighted by Crippen LogP contribution is 2.18. The maximum atomic E-state index is 11.3. The highest BCUT2D eigenvalue weighted by molar-refractivity contribution is 5.87. The van der Waals surface area contributed by atoms with E-state index in [0.29, 0.717) is 0 Å². The minimum Gasteiger partial charge on any atom is -0.376 e. The Labute approximate surface area is 105 Å². The molecule has 2 aromatic carbocycles. The van der Waals surface area contributed by atoms with Gasteiger partial charge in [-0.2, -0.15) is 5.26 Å². The molecular formula is C14H13N3O. The lowest BCUT2D eigenvalue weighted by Crippen LogP contribution is -2.29. The third kappa shape index (κ3) is 2.98. The maximum absolute atomic E-state index is 11.3. The van der Waals surface area contributed by atoms with Gasteiger partial charge in [0.25, 0.3) is 0 Å². The molecule has 0 unspecified atom stereocenters. The van der Waals surface area contributed by atoms with E-state index in [9.17, 15) is 4.79 Å². The van der Waals surface area contributed by atoms with E-state index in [1.54, 1.807) is 0 Å². The molecule has 0 radical (unpaired) electrons. The molecule has 0 saturated carbocycles. The third-order valence-electron chi connectivity index (χ3n) is 2.57. The number of rotatable bonds is 4. The standard InChI is InChI=1S/C14H13N3O/c15-7-8-16-14(18)10-17-13-6-5-11-3-1-2-4-12(11)9-13/h1-6,9,17H,8,10H2,(H,16,18). The highest BCUT2D eigenvalue weighted by atomic mass is 16.1. The summed E-state index contributed by atoms with van der Waals surface area (Å²) in [7, 11) is 0. The van der Waals surface area contributed by atoms with Crippen LogP contribution in [-0.4, -0.2) is 19.0 Å². The van der Waals surface area contributed by atoms with Crippen molar-refractivity contribution < 1.29 is 4.79 Å². The molecule has 18 heavy (non-hydrogen) atoms. The van der Waals surface area contributed by atoms with Crippen molar-refractivity contribution >= 4 is 22.4 Å². The van der Waals surface area contributed by atoms with E-state index in [2.05, 4.69) is 10.6 Å². The first kappa shape index (κ1) is 11.9. The van der Waals surface area contributed by atoms with Gasteiger partial charge in [-0.1, -0.05) is 30.3 Å². The molecule has 0 fully saturated rings. The van der Waals surface area contributed by atoms with Gasteiger partial charge in [-0.15, -0.1) is 0 Å². The third-order valence-corrected chi connectivity index (χ3v) is 2.57. The van der Waals surface area contributed by atoms with E-state index in [4.69, 9.17) is 5.26 Å². The minimum absolute atomic E-state index is 0.0399. The molecule has 0 saturated heterocycles. The van der Waals surface area contributed by atoms with Gasteiger partial charge in [0, 0.05) is 5.69 Å². The SMILES string of the molecule is N#CCNC(=O)CNc1ccc2ccccc2c1. The Kier molecular flexibility index (Phi) is 3.77. The van der Waals surface area contributed by atoms with Crippen LogP contribution >= 0.6 is 0 Å². The van der Waals surface area contributed by atoms with E-state index in [-0.39, 0.29) is 19.0 Å². The van der Waals surface area contributed by atoms with Gasteiger partial charge in [0.05, 0.1) is 12.6 Å². The van der Waals surface area contributed by atoms with Crippen LogP contribution in [0.1, 0.15) is 0 Å². The Balaban J connectivity index is 2.00. The predicted molar refractivity (Wildman–Crippen MR) is 71.1 cm³/mol. The van der Waals surface area contributed by atoms with Gasteiger partial charge in [-0.25, -0.2) is 0 Å². The average molecular weight is 239 g/mol. The Hall–Kier alpha value is -2.54. The van der Waals surface area contributed by atoms with E-state index >= 15 is 0 Å². The van der Waals surface area contributed by atoms with Gasteiger partial charge in [0.2, 0.25) is 5.91 Å². The van der Waals surface area contributed by atoms with Crippen LogP contribution < -0.4 is 10.6 Å². The molecule has 0 aromatic heterocycles. The lowest BCUT2D eigenvalue weighted by Gasteiger charge is -2.07. The molecule has 0 aliphatic heterocycles. The molecule has 0 spiro atoms. The summed E-state index contributed by atoms with van der Waals surface area (Å²) in [5.74, 6) is -0.190. The number of hydrogen-bond donors (Lipinski definition) is 2. The molecule has 90 valence electrons. The van der Waals surface area contributed by atoms with Crippen LogP contribution in [0.15, 0.2) is 42.5 Å². The van der Waals surface area contributed by atoms with Gasteiger partial charge in [-0.05, 0) is 22.9 Å². The van der Waals surface area contributed by atoms with Crippen LogP contribution in [0.4, 0.5) is 5.69 Å². The quantitative estimate of drug-likeness (QED) is 0.801. The zero-order chi connectivity index (χ0) is 12.8. The molecule has 0 atom stereocenters. The molecule has 0 bridgehead atoms. The van der Waals surface area contributed by atoms with Crippen molar-refractivity contribution in [3.8, 4) is 6.07 Å². The van der Waals surface area contributed by atoms with E-state index in [1.807, 2.05) is 48.5 Å². The summed E-state index contributed by atoms with van der Waals surface area (Å²) in [5, 5.41) is 16.1. The fourth-order valence-corrected chi connectivity index (χ4v) is 1.68. The zero-order valence-electron chi connectivity index (χ0n) is 9.81. The summed E-state index contributed by atoms with van der Waals surface area (Å²) in [4.78, 5) is 11.3. The maximum Gasteiger partial charge on any atom is 0.240 e. The summed E-state index contributed by atoms with van der Waals surface area (Å²) in [6.07, 6.45) is 0. The second-order valence-corrected chi connectivity index (χ2v) is 3.85. The number of amides is 1. The number of benzene rings is 2. The normalized spacial score (nSPS) is 9.72. The first-order valence-corrected chi connectivity index (χ1v) is 5.66. The first-order valence-electron chi connectivity index (χ1n) is 5.66. The lowest BCUT2D eigenvalue weighted by atomic mass is 10.1. The summed E-state index contributed by atoms with van der Waals surface area (Å²) < 4.78 is 0. The minimum atomic E-state index is -0.190. The number of nitrogens with one attached hydrogen (secondary N) is 2. The highest BCUT2D eigenvalue weighted by Gasteiger charge is 2.00. The van der Waals surface area contributed by atoms with Gasteiger partial charge in [0.1, 0.15) is 6.54 Å². The second kappa shape index (κ2) is 5.69. The number of anilines is 1. The lowest BCUT2D eigenvalue weighted by molar-refractivity contribution is -0.119. The van der Waals surface area contributed by atoms with E-state index in [0.717, 1.165) is 16.5 Å². The summed E-state index contributed by atoms with van der Waals surface area (Å²) in [6.45, 7) is 0.207. The molecule has 2 rings (SSSR count). The second-order valence-electron chi connectivity index (χ2n) is 3.85. The van der Waals surface area contributed by atoms with Crippen LogP contribution in [0.3, 0.4) is 0 Å². The van der Waals surface area contributed by atoms with Gasteiger partial charge >= 0.3 is 0 Å². The Morgan fingerprint density at radius 2 is 1.94 bits per heavy atom. The van der Waals surface area contributed by atoms with Crippen LogP contribution in [0.25, 0.3) is 10.8 Å². The molecule has 0 aliphatic rings. The molecular weight excluding hydrogens is 226 g/mol. The number of carbonyl (C=O) groups excluding carboxylic acids is 1. The Bertz CT molecular complexity index is 601. The van der Waals surface area contributed by atoms with Crippen LogP contribution in [0.2, 0.25) is 0 Å². The smallest absolute Gasteiger partial charge is 0.240 e. The van der Waals surface area contributed by atoms with Crippen molar-refractivity contribution in [2.45, 2.75) is 0 Å². The predicted octanol–water partition coefficient (Wildman–Crippen LogP) is 1.89. The number of carbonyl (C=O) groups is 1. The number of nitriles is 1. The molecule has 4 nitrogen and oxygen atoms in total. The van der Waals surface area contributed by atoms with Crippen molar-refractivity contribution in [2.24, 2.45) is 0 Å². The van der Waals surface area contributed by atoms with Crippen molar-refractivity contribution in [3.05, 3.63) is 42.5 Å². The van der Waals surface area contributed by atoms with Crippen molar-refractivity contribution in [2.75, 3.05) is 18.4 Å². The van der Waals surface area contributed by atoms with Crippen molar-refractivity contribution in [3.63, 3.8) is 0 Å². The van der Waals surface area contributed by atoms with Crippen molar-refractivity contribution in [1.29, 1.82) is 5.26 Å². The van der Waals surface area contributed by atoms with E-state index in [1.165, 1.54) is 0 Å². The van der Waals surface area contributed by atoms with E-state index < -0.39 is 0 Å². The van der Waals surface area contributed by atoms with Gasteiger partial charge < -0.3 is 10.6 Å². The topological polar surface area (TPSA) is 64.9 Å². The summed E-state index contributed by atoms with van der Waals surface area (Å²) in [6, 6.07) is 15.8. The molecule has 4 heteroatoms. The molecule has 0 heterocycles. The summed E-state index contributed by atoms with van der Waals surface area (Å²) in [5.41, 5.74) is 0.890. The Morgan fingerprint density at radius 1 is 1.17 bits per heavy atom. The monoisotopic (exact) mass is 239 g/mol. The summed E-state index contributed by atoms with van der Waals surface area (Å²) >= 11 is 0. The van der Waals surface area contributed by atoms with Crippen LogP contribution in [-0.2, 0) is 4.79 Å². The first-order chi connectivity index (χ1) is 8.79. The van der Waals surface area contributed by atoms with Gasteiger partial charge in [-0.3, -0.25) is 4.79 Å². The number of nitrogens with zero attached hydrogens (tertiary/aromatic N) is 1. The molecule has 1 amide bonds. The van der Waals surface area contributed by atoms with Gasteiger partial charge in [0.15, 0.2) is 0 Å².